The average molecular weight is 201 g/mol. The standard InChI is InChI=1S/C7H15NO2Si2/c1-10-12(11(2)3)6-4-5-8-7-9/h4-6H2,1-3H3. The Morgan fingerprint density at radius 3 is 2.58 bits per heavy atom. The molecule has 0 aliphatic carbocycles. The molecule has 3 nitrogen and oxygen atoms in total. The predicted molar refractivity (Wildman–Crippen MR) is 52.7 cm³/mol. The summed E-state index contributed by atoms with van der Waals surface area (Å²) in [5, 5.41) is 0. The smallest absolute Gasteiger partial charge is 0.234 e. The van der Waals surface area contributed by atoms with Gasteiger partial charge in [0.1, 0.15) is 0 Å². The molecule has 0 fully saturated rings. The minimum absolute atomic E-state index is 0.272. The van der Waals surface area contributed by atoms with E-state index in [1.165, 1.54) is 0 Å². The molecule has 0 aliphatic rings. The SMILES string of the molecule is CO[Si](CCCN=C=O)[Si](C)C. The van der Waals surface area contributed by atoms with Gasteiger partial charge in [-0.25, -0.2) is 9.79 Å². The molecule has 0 saturated heterocycles. The largest absolute Gasteiger partial charge is 0.424 e. The van der Waals surface area contributed by atoms with Crippen LogP contribution < -0.4 is 0 Å². The highest BCUT2D eigenvalue weighted by Crippen LogP contribution is 2.02. The van der Waals surface area contributed by atoms with Gasteiger partial charge in [-0.15, -0.1) is 0 Å². The lowest BCUT2D eigenvalue weighted by Gasteiger charge is -2.13. The molecule has 0 N–H and O–H groups in total. The molecule has 0 aromatic carbocycles. The van der Waals surface area contributed by atoms with Gasteiger partial charge in [0, 0.05) is 7.11 Å². The number of carbonyl (C=O) groups excluding carboxylic acids is 1. The molecule has 12 heavy (non-hydrogen) atoms. The fourth-order valence-corrected chi connectivity index (χ4v) is 5.77. The second kappa shape index (κ2) is 7.42. The van der Waals surface area contributed by atoms with Crippen LogP contribution in [-0.4, -0.2) is 36.6 Å². The summed E-state index contributed by atoms with van der Waals surface area (Å²) in [6.45, 7) is 5.15. The zero-order valence-electron chi connectivity index (χ0n) is 7.89. The molecule has 0 spiro atoms. The van der Waals surface area contributed by atoms with Crippen molar-refractivity contribution in [3.8, 4) is 0 Å². The lowest BCUT2D eigenvalue weighted by molar-refractivity contribution is 0.431. The Kier molecular flexibility index (Phi) is 7.28. The first-order valence-electron chi connectivity index (χ1n) is 3.96. The van der Waals surface area contributed by atoms with E-state index in [-0.39, 0.29) is 8.31 Å². The van der Waals surface area contributed by atoms with E-state index in [4.69, 9.17) is 4.43 Å². The quantitative estimate of drug-likeness (QED) is 0.280. The third-order valence-corrected chi connectivity index (χ3v) is 8.67. The first kappa shape index (κ1) is 11.8. The van der Waals surface area contributed by atoms with E-state index in [9.17, 15) is 4.79 Å². The molecular weight excluding hydrogens is 186 g/mol. The summed E-state index contributed by atoms with van der Waals surface area (Å²) in [6, 6.07) is 1.10. The Hall–Kier alpha value is -0.226. The first-order chi connectivity index (χ1) is 5.72. The van der Waals surface area contributed by atoms with Crippen molar-refractivity contribution in [2.75, 3.05) is 13.7 Å². The van der Waals surface area contributed by atoms with Crippen molar-refractivity contribution >= 4 is 23.0 Å². The molecular formula is C7H15NO2Si2. The van der Waals surface area contributed by atoms with E-state index in [0.717, 1.165) is 12.5 Å². The Morgan fingerprint density at radius 1 is 1.50 bits per heavy atom. The van der Waals surface area contributed by atoms with Crippen LogP contribution in [0.1, 0.15) is 6.42 Å². The van der Waals surface area contributed by atoms with Crippen molar-refractivity contribution in [1.29, 1.82) is 0 Å². The third-order valence-electron chi connectivity index (χ3n) is 1.54. The van der Waals surface area contributed by atoms with Crippen molar-refractivity contribution in [1.82, 2.24) is 0 Å². The maximum Gasteiger partial charge on any atom is 0.234 e. The van der Waals surface area contributed by atoms with Crippen molar-refractivity contribution in [2.24, 2.45) is 4.99 Å². The van der Waals surface area contributed by atoms with Crippen LogP contribution >= 0.6 is 0 Å². The van der Waals surface area contributed by atoms with Crippen LogP contribution in [0.4, 0.5) is 0 Å². The Bertz CT molecular complexity index is 157. The summed E-state index contributed by atoms with van der Waals surface area (Å²) in [6.07, 6.45) is 2.51. The minimum Gasteiger partial charge on any atom is -0.424 e. The van der Waals surface area contributed by atoms with Gasteiger partial charge in [0.15, 0.2) is 8.56 Å². The summed E-state index contributed by atoms with van der Waals surface area (Å²) in [5.74, 6) is 0. The molecule has 0 heterocycles. The van der Waals surface area contributed by atoms with E-state index in [1.54, 1.807) is 13.2 Å². The number of hydrogen-bond acceptors (Lipinski definition) is 3. The van der Waals surface area contributed by atoms with E-state index < -0.39 is 8.56 Å². The summed E-state index contributed by atoms with van der Waals surface area (Å²) >= 11 is 0. The topological polar surface area (TPSA) is 38.7 Å². The zero-order chi connectivity index (χ0) is 9.40. The van der Waals surface area contributed by atoms with Gasteiger partial charge in [0.05, 0.1) is 14.9 Å². The van der Waals surface area contributed by atoms with Gasteiger partial charge in [-0.3, -0.25) is 0 Å². The molecule has 0 unspecified atom stereocenters. The third kappa shape index (κ3) is 5.43. The highest BCUT2D eigenvalue weighted by atomic mass is 29.2. The maximum absolute atomic E-state index is 9.74. The molecule has 0 aliphatic heterocycles. The lowest BCUT2D eigenvalue weighted by atomic mass is 10.5. The van der Waals surface area contributed by atoms with Crippen molar-refractivity contribution in [3.05, 3.63) is 0 Å². The number of hydrogen-bond donors (Lipinski definition) is 0. The van der Waals surface area contributed by atoms with Crippen LogP contribution in [0.25, 0.3) is 0 Å². The summed E-state index contributed by atoms with van der Waals surface area (Å²) in [5.41, 5.74) is 0. The van der Waals surface area contributed by atoms with Crippen LogP contribution in [0.3, 0.4) is 0 Å². The molecule has 2 radical (unpaired) electrons. The first-order valence-corrected chi connectivity index (χ1v) is 9.08. The highest BCUT2D eigenvalue weighted by molar-refractivity contribution is 7.18. The number of aliphatic imine (C=N–C) groups is 1. The van der Waals surface area contributed by atoms with E-state index in [2.05, 4.69) is 18.1 Å². The fourth-order valence-electron chi connectivity index (χ4n) is 0.921. The van der Waals surface area contributed by atoms with Crippen molar-refractivity contribution in [3.63, 3.8) is 0 Å². The van der Waals surface area contributed by atoms with Gasteiger partial charge in [0.2, 0.25) is 6.08 Å². The van der Waals surface area contributed by atoms with Crippen LogP contribution in [-0.2, 0) is 9.22 Å². The van der Waals surface area contributed by atoms with Crippen LogP contribution in [0.5, 0.6) is 0 Å². The molecule has 5 heteroatoms. The Labute approximate surface area is 77.0 Å². The molecule has 0 amide bonds. The molecule has 0 aromatic heterocycles. The fraction of sp³-hybridized carbons (Fsp3) is 0.857. The van der Waals surface area contributed by atoms with Gasteiger partial charge in [-0.1, -0.05) is 13.1 Å². The molecule has 0 saturated carbocycles. The predicted octanol–water partition coefficient (Wildman–Crippen LogP) is 1.18. The normalized spacial score (nSPS) is 10.4. The van der Waals surface area contributed by atoms with E-state index >= 15 is 0 Å². The molecule has 0 bridgehead atoms. The van der Waals surface area contributed by atoms with Gasteiger partial charge in [0.25, 0.3) is 0 Å². The zero-order valence-corrected chi connectivity index (χ0v) is 9.89. The minimum atomic E-state index is -0.569. The van der Waals surface area contributed by atoms with Gasteiger partial charge >= 0.3 is 0 Å². The number of rotatable bonds is 6. The van der Waals surface area contributed by atoms with Gasteiger partial charge < -0.3 is 4.43 Å². The van der Waals surface area contributed by atoms with Gasteiger partial charge in [-0.2, -0.15) is 0 Å². The van der Waals surface area contributed by atoms with Crippen molar-refractivity contribution in [2.45, 2.75) is 25.6 Å². The Balaban J connectivity index is 3.51. The molecule has 0 atom stereocenters. The van der Waals surface area contributed by atoms with Crippen LogP contribution in [0.2, 0.25) is 19.1 Å². The van der Waals surface area contributed by atoms with E-state index in [1.807, 2.05) is 0 Å². The van der Waals surface area contributed by atoms with E-state index in [0.29, 0.717) is 6.54 Å². The summed E-state index contributed by atoms with van der Waals surface area (Å²) in [7, 11) is 0.946. The second-order valence-corrected chi connectivity index (χ2v) is 11.1. The van der Waals surface area contributed by atoms with Crippen LogP contribution in [0, 0.1) is 0 Å². The average Bonchev–Trinajstić information content (AvgIpc) is 2.04. The van der Waals surface area contributed by atoms with Crippen molar-refractivity contribution < 1.29 is 9.22 Å². The number of isocyanates is 1. The van der Waals surface area contributed by atoms with Gasteiger partial charge in [-0.05, 0) is 12.5 Å². The summed E-state index contributed by atoms with van der Waals surface area (Å²) < 4.78 is 5.40. The Morgan fingerprint density at radius 2 is 2.17 bits per heavy atom. The second-order valence-electron chi connectivity index (χ2n) is 2.70. The number of nitrogens with zero attached hydrogens (tertiary/aromatic N) is 1. The lowest BCUT2D eigenvalue weighted by Crippen LogP contribution is -2.32. The summed E-state index contributed by atoms with van der Waals surface area (Å²) in [4.78, 5) is 13.2. The van der Waals surface area contributed by atoms with Crippen LogP contribution in [0.15, 0.2) is 4.99 Å². The monoisotopic (exact) mass is 201 g/mol. The maximum atomic E-state index is 9.74. The molecule has 0 aromatic rings. The highest BCUT2D eigenvalue weighted by Gasteiger charge is 2.16. The molecule has 0 rings (SSSR count). The molecule has 68 valence electrons.